The standard InChI is InChI=1S/C28H34NO10/c1-3-16-17(10-21(31)32)18(25(35)36-2)12-27(7-4-5-8-27)24(16)39-26-22(33)23(34)28(20(13-30)38-26)11-15-6-9-29-19(15)14-37-28/h3,6,9,11-12,14,16-17,20,22-24,26,30,33-34H,1,4-5,7-8,10,13H2,2H3,(H,31,32)/q-1. The molecule has 1 aromatic rings. The van der Waals surface area contributed by atoms with Crippen LogP contribution in [0, 0.1) is 17.3 Å². The van der Waals surface area contributed by atoms with Crippen molar-refractivity contribution in [3.63, 3.8) is 0 Å². The molecule has 1 saturated carbocycles. The molecule has 212 valence electrons. The second-order valence-electron chi connectivity index (χ2n) is 10.7. The zero-order valence-electron chi connectivity index (χ0n) is 21.6. The normalized spacial score (nSPS) is 36.7. The lowest BCUT2D eigenvalue weighted by molar-refractivity contribution is -0.333. The molecule has 2 aliphatic heterocycles. The van der Waals surface area contributed by atoms with Gasteiger partial charge in [-0.25, -0.2) is 4.79 Å². The van der Waals surface area contributed by atoms with Crippen molar-refractivity contribution in [2.45, 2.75) is 68.4 Å². The van der Waals surface area contributed by atoms with E-state index in [1.165, 1.54) is 13.4 Å². The van der Waals surface area contributed by atoms with Crippen LogP contribution < -0.4 is 15.6 Å². The van der Waals surface area contributed by atoms with Crippen LogP contribution in [0.3, 0.4) is 0 Å². The number of ether oxygens (including phenoxy) is 4. The number of carboxylic acid groups (broad SMARTS) is 1. The van der Waals surface area contributed by atoms with Crippen molar-refractivity contribution in [1.29, 1.82) is 0 Å². The number of aromatic nitrogens is 1. The lowest BCUT2D eigenvalue weighted by atomic mass is 9.62. The van der Waals surface area contributed by atoms with E-state index >= 15 is 0 Å². The fourth-order valence-electron chi connectivity index (χ4n) is 6.77. The second-order valence-corrected chi connectivity index (χ2v) is 10.7. The Morgan fingerprint density at radius 1 is 1.26 bits per heavy atom. The van der Waals surface area contributed by atoms with Gasteiger partial charge in [0.05, 0.1) is 32.5 Å². The number of nitrogens with zero attached hydrogens (tertiary/aromatic N) is 1. The molecule has 0 amide bonds. The van der Waals surface area contributed by atoms with Gasteiger partial charge < -0.3 is 44.4 Å². The van der Waals surface area contributed by atoms with Crippen molar-refractivity contribution in [2.24, 2.45) is 17.3 Å². The van der Waals surface area contributed by atoms with E-state index in [0.29, 0.717) is 23.4 Å². The van der Waals surface area contributed by atoms with Crippen LogP contribution in [0.4, 0.5) is 0 Å². The van der Waals surface area contributed by atoms with Crippen LogP contribution in [0.25, 0.3) is 12.3 Å². The highest BCUT2D eigenvalue weighted by Crippen LogP contribution is 2.54. The van der Waals surface area contributed by atoms with E-state index in [1.807, 2.05) is 0 Å². The van der Waals surface area contributed by atoms with Gasteiger partial charge >= 0.3 is 11.9 Å². The first-order valence-corrected chi connectivity index (χ1v) is 13.1. The molecule has 1 aromatic heterocycles. The molecule has 11 heteroatoms. The maximum absolute atomic E-state index is 12.8. The minimum absolute atomic E-state index is 0.267. The Labute approximate surface area is 225 Å². The average Bonchev–Trinajstić information content (AvgIpc) is 3.59. The molecular weight excluding hydrogens is 510 g/mol. The fourth-order valence-corrected chi connectivity index (χ4v) is 6.77. The Hall–Kier alpha value is -2.96. The highest BCUT2D eigenvalue weighted by atomic mass is 16.7. The first kappa shape index (κ1) is 27.6. The number of carboxylic acids is 1. The van der Waals surface area contributed by atoms with E-state index < -0.39 is 72.1 Å². The van der Waals surface area contributed by atoms with Gasteiger partial charge in [-0.15, -0.1) is 6.58 Å². The molecule has 2 aliphatic carbocycles. The molecule has 8 unspecified atom stereocenters. The largest absolute Gasteiger partial charge is 0.661 e. The molecule has 3 heterocycles. The maximum atomic E-state index is 12.8. The molecule has 5 rings (SSSR count). The minimum Gasteiger partial charge on any atom is -0.661 e. The number of carbonyl (C=O) groups excluding carboxylic acids is 1. The predicted molar refractivity (Wildman–Crippen MR) is 135 cm³/mol. The first-order valence-electron chi connectivity index (χ1n) is 13.1. The lowest BCUT2D eigenvalue weighted by Gasteiger charge is -2.52. The van der Waals surface area contributed by atoms with Gasteiger partial charge in [-0.1, -0.05) is 36.4 Å². The van der Waals surface area contributed by atoms with Crippen molar-refractivity contribution < 1.29 is 49.0 Å². The maximum Gasteiger partial charge on any atom is 0.333 e. The molecule has 0 radical (unpaired) electrons. The number of methoxy groups -OCH3 is 1. The quantitative estimate of drug-likeness (QED) is 0.254. The van der Waals surface area contributed by atoms with Crippen LogP contribution >= 0.6 is 0 Å². The zero-order valence-corrected chi connectivity index (χ0v) is 21.6. The average molecular weight is 545 g/mol. The summed E-state index contributed by atoms with van der Waals surface area (Å²) in [4.78, 5) is 28.7. The number of rotatable bonds is 7. The molecule has 0 aromatic carbocycles. The molecule has 4 N–H and O–H groups in total. The van der Waals surface area contributed by atoms with Crippen molar-refractivity contribution >= 4 is 24.3 Å². The van der Waals surface area contributed by atoms with Gasteiger partial charge in [0.15, 0.2) is 11.9 Å². The van der Waals surface area contributed by atoms with Crippen LogP contribution in [-0.2, 0) is 28.5 Å². The van der Waals surface area contributed by atoms with Crippen LogP contribution in [-0.4, -0.2) is 82.4 Å². The number of aliphatic hydroxyl groups is 3. The molecular formula is C28H34NO10-. The van der Waals surface area contributed by atoms with Crippen LogP contribution in [0.5, 0.6) is 0 Å². The van der Waals surface area contributed by atoms with Crippen molar-refractivity contribution in [3.8, 4) is 0 Å². The number of aliphatic carboxylic acids is 1. The second kappa shape index (κ2) is 10.5. The van der Waals surface area contributed by atoms with Crippen molar-refractivity contribution in [2.75, 3.05) is 13.7 Å². The summed E-state index contributed by atoms with van der Waals surface area (Å²) in [5, 5.41) is 43.7. The van der Waals surface area contributed by atoms with Crippen LogP contribution in [0.2, 0.25) is 0 Å². The van der Waals surface area contributed by atoms with Crippen LogP contribution in [0.1, 0.15) is 32.1 Å². The molecule has 0 bridgehead atoms. The number of hydrogen-bond donors (Lipinski definition) is 4. The smallest absolute Gasteiger partial charge is 0.333 e. The Morgan fingerprint density at radius 3 is 2.64 bits per heavy atom. The molecule has 4 aliphatic rings. The van der Waals surface area contributed by atoms with Crippen LogP contribution in [0.15, 0.2) is 36.6 Å². The van der Waals surface area contributed by atoms with Gasteiger partial charge in [-0.3, -0.25) is 4.79 Å². The summed E-state index contributed by atoms with van der Waals surface area (Å²) in [7, 11) is 1.25. The Bertz CT molecular complexity index is 1260. The van der Waals surface area contributed by atoms with Gasteiger partial charge in [0, 0.05) is 22.8 Å². The molecule has 8 atom stereocenters. The molecule has 1 saturated heterocycles. The summed E-state index contributed by atoms with van der Waals surface area (Å²) < 4.78 is 23.4. The minimum atomic E-state index is -1.59. The highest BCUT2D eigenvalue weighted by Gasteiger charge is 2.59. The zero-order chi connectivity index (χ0) is 27.9. The van der Waals surface area contributed by atoms with Gasteiger partial charge in [-0.05, 0) is 24.1 Å². The summed E-state index contributed by atoms with van der Waals surface area (Å²) in [6.07, 6.45) is 4.15. The van der Waals surface area contributed by atoms with E-state index in [2.05, 4.69) is 11.6 Å². The lowest BCUT2D eigenvalue weighted by Crippen LogP contribution is -2.69. The van der Waals surface area contributed by atoms with Crippen molar-refractivity contribution in [1.82, 2.24) is 4.98 Å². The summed E-state index contributed by atoms with van der Waals surface area (Å²) in [6, 6.07) is 1.72. The molecule has 2 spiro atoms. The van der Waals surface area contributed by atoms with Gasteiger partial charge in [0.2, 0.25) is 0 Å². The summed E-state index contributed by atoms with van der Waals surface area (Å²) in [5.41, 5.74) is -1.99. The Kier molecular flexibility index (Phi) is 7.47. The SMILES string of the molecule is C=CC1C(CC(=O)O)C(C(=O)OC)=CC2(CCCC2)C1OC1OC(CO)C2(C=c3cc[n-]c3=CO2)C(O)C1O. The number of carbonyl (C=O) groups is 2. The van der Waals surface area contributed by atoms with E-state index in [4.69, 9.17) is 18.9 Å². The van der Waals surface area contributed by atoms with E-state index in [1.54, 1.807) is 30.5 Å². The number of aliphatic hydroxyl groups excluding tert-OH is 3. The summed E-state index contributed by atoms with van der Waals surface area (Å²) in [5.74, 6) is -3.13. The van der Waals surface area contributed by atoms with Gasteiger partial charge in [0.25, 0.3) is 0 Å². The monoisotopic (exact) mass is 544 g/mol. The summed E-state index contributed by atoms with van der Waals surface area (Å²) in [6.45, 7) is 3.38. The molecule has 2 fully saturated rings. The fraction of sp³-hybridized carbons (Fsp3) is 0.571. The third-order valence-corrected chi connectivity index (χ3v) is 8.68. The highest BCUT2D eigenvalue weighted by molar-refractivity contribution is 5.90. The van der Waals surface area contributed by atoms with E-state index in [-0.39, 0.29) is 12.0 Å². The number of esters is 1. The third kappa shape index (κ3) is 4.52. The Morgan fingerprint density at radius 2 is 2.00 bits per heavy atom. The molecule has 39 heavy (non-hydrogen) atoms. The molecule has 11 nitrogen and oxygen atoms in total. The van der Waals surface area contributed by atoms with Crippen molar-refractivity contribution in [3.05, 3.63) is 47.1 Å². The predicted octanol–water partition coefficient (Wildman–Crippen LogP) is -0.678. The van der Waals surface area contributed by atoms with Gasteiger partial charge in [-0.2, -0.15) is 6.20 Å². The third-order valence-electron chi connectivity index (χ3n) is 8.68. The topological polar surface area (TPSA) is 166 Å². The van der Waals surface area contributed by atoms with E-state index in [0.717, 1.165) is 12.8 Å². The number of hydrogen-bond acceptors (Lipinski definition) is 9. The van der Waals surface area contributed by atoms with E-state index in [9.17, 15) is 30.0 Å². The number of fused-ring (bicyclic) bond motifs is 1. The summed E-state index contributed by atoms with van der Waals surface area (Å²) >= 11 is 0. The van der Waals surface area contributed by atoms with Gasteiger partial charge in [0.1, 0.15) is 18.3 Å². The Balaban J connectivity index is 1.51. The first-order chi connectivity index (χ1) is 18.7.